The first-order valence-corrected chi connectivity index (χ1v) is 7.19. The molecule has 0 aromatic carbocycles. The molecule has 0 spiro atoms. The fourth-order valence-corrected chi connectivity index (χ4v) is 2.43. The number of nitrogens with zero attached hydrogens (tertiary/aromatic N) is 1. The second-order valence-electron chi connectivity index (χ2n) is 2.00. The van der Waals surface area contributed by atoms with Crippen molar-refractivity contribution in [2.24, 2.45) is 3.95 Å². The van der Waals surface area contributed by atoms with Gasteiger partial charge in [-0.25, -0.2) is 0 Å². The zero-order valence-corrected chi connectivity index (χ0v) is 9.47. The minimum absolute atomic E-state index is 0.250. The van der Waals surface area contributed by atoms with Crippen molar-refractivity contribution >= 4 is 11.3 Å². The molecule has 70 valence electrons. The fraction of sp³-hybridized carbons (Fsp3) is 1.00. The first-order valence-electron chi connectivity index (χ1n) is 3.36. The maximum atomic E-state index is 10.6. The molecule has 0 amide bonds. The Morgan fingerprint density at radius 1 is 1.64 bits per heavy atom. The molecule has 6 heteroatoms. The van der Waals surface area contributed by atoms with Gasteiger partial charge in [-0.1, -0.05) is 0 Å². The van der Waals surface area contributed by atoms with Crippen molar-refractivity contribution in [3.05, 3.63) is 0 Å². The summed E-state index contributed by atoms with van der Waals surface area (Å²) in [7, 11) is 0. The third-order valence-electron chi connectivity index (χ3n) is 1.14. The standard InChI is InChI=1S/C5H14IN2O2S/c1-2-4-8(11(9)10)5-3-6-7/h2-5,7H2,1H3,(H,9,10)/q-1. The molecule has 0 saturated heterocycles. The molecule has 4 nitrogen and oxygen atoms in total. The van der Waals surface area contributed by atoms with Crippen LogP contribution in [0.3, 0.4) is 0 Å². The maximum absolute atomic E-state index is 10.6. The molecule has 0 aliphatic carbocycles. The molecule has 1 unspecified atom stereocenters. The van der Waals surface area contributed by atoms with Gasteiger partial charge in [0.2, 0.25) is 0 Å². The summed E-state index contributed by atoms with van der Waals surface area (Å²) in [6.45, 7) is 3.31. The molecule has 0 heterocycles. The summed E-state index contributed by atoms with van der Waals surface area (Å²) in [5.74, 6) is 0. The zero-order chi connectivity index (χ0) is 8.69. The van der Waals surface area contributed by atoms with Gasteiger partial charge in [-0.2, -0.15) is 0 Å². The van der Waals surface area contributed by atoms with Gasteiger partial charge in [-0.3, -0.25) is 0 Å². The number of hydrogen-bond donors (Lipinski definition) is 2. The summed E-state index contributed by atoms with van der Waals surface area (Å²) in [4.78, 5) is 0. The van der Waals surface area contributed by atoms with Crippen molar-refractivity contribution in [3.8, 4) is 0 Å². The average molecular weight is 293 g/mol. The predicted octanol–water partition coefficient (Wildman–Crippen LogP) is -3.20. The van der Waals surface area contributed by atoms with E-state index < -0.39 is 11.3 Å². The van der Waals surface area contributed by atoms with Crippen molar-refractivity contribution in [2.75, 3.05) is 17.5 Å². The molecule has 0 radical (unpaired) electrons. The minimum atomic E-state index is -1.81. The van der Waals surface area contributed by atoms with E-state index in [9.17, 15) is 4.21 Å². The van der Waals surface area contributed by atoms with Crippen LogP contribution in [0.1, 0.15) is 13.3 Å². The molecule has 0 fully saturated rings. The van der Waals surface area contributed by atoms with Crippen molar-refractivity contribution in [3.63, 3.8) is 0 Å². The first kappa shape index (κ1) is 11.8. The van der Waals surface area contributed by atoms with Gasteiger partial charge in [-0.05, 0) is 0 Å². The van der Waals surface area contributed by atoms with Crippen LogP contribution in [-0.4, -0.2) is 30.6 Å². The van der Waals surface area contributed by atoms with Crippen LogP contribution in [0, 0.1) is 0 Å². The molecule has 0 bridgehead atoms. The van der Waals surface area contributed by atoms with Gasteiger partial charge in [0.05, 0.1) is 0 Å². The Hall–Kier alpha value is 0.760. The van der Waals surface area contributed by atoms with Crippen LogP contribution in [0.15, 0.2) is 0 Å². The summed E-state index contributed by atoms with van der Waals surface area (Å²) in [5, 5.41) is 0. The quantitative estimate of drug-likeness (QED) is 0.235. The predicted molar refractivity (Wildman–Crippen MR) is 41.7 cm³/mol. The van der Waals surface area contributed by atoms with E-state index in [4.69, 9.17) is 8.50 Å². The van der Waals surface area contributed by atoms with Crippen LogP contribution in [0.4, 0.5) is 0 Å². The molecule has 0 rings (SSSR count). The summed E-state index contributed by atoms with van der Waals surface area (Å²) in [6, 6.07) is 0. The van der Waals surface area contributed by atoms with Gasteiger partial charge in [0.1, 0.15) is 0 Å². The van der Waals surface area contributed by atoms with Crippen LogP contribution >= 0.6 is 0 Å². The SMILES string of the molecule is CCCN(CC[I-]N)S(=O)O. The van der Waals surface area contributed by atoms with E-state index in [0.717, 1.165) is 10.8 Å². The second kappa shape index (κ2) is 7.41. The fourth-order valence-electron chi connectivity index (χ4n) is 0.660. The Bertz CT molecular complexity index is 125. The van der Waals surface area contributed by atoms with E-state index in [2.05, 4.69) is 0 Å². The van der Waals surface area contributed by atoms with Crippen molar-refractivity contribution in [1.29, 1.82) is 0 Å². The van der Waals surface area contributed by atoms with Gasteiger partial charge < -0.3 is 0 Å². The second-order valence-corrected chi connectivity index (χ2v) is 4.94. The van der Waals surface area contributed by atoms with Gasteiger partial charge in [-0.15, -0.1) is 0 Å². The molecule has 0 aromatic rings. The van der Waals surface area contributed by atoms with E-state index in [1.807, 2.05) is 6.92 Å². The Kier molecular flexibility index (Phi) is 7.92. The van der Waals surface area contributed by atoms with Gasteiger partial charge in [0.25, 0.3) is 0 Å². The molecular formula is C5H14IN2O2S-. The van der Waals surface area contributed by atoms with Crippen LogP contribution in [0.25, 0.3) is 0 Å². The number of halogens is 1. The molecule has 0 aromatic heterocycles. The summed E-state index contributed by atoms with van der Waals surface area (Å²) >= 11 is -2.06. The summed E-state index contributed by atoms with van der Waals surface area (Å²) in [6.07, 6.45) is 0.898. The number of rotatable bonds is 6. The van der Waals surface area contributed by atoms with E-state index in [1.165, 1.54) is 4.31 Å². The van der Waals surface area contributed by atoms with E-state index in [0.29, 0.717) is 13.1 Å². The summed E-state index contributed by atoms with van der Waals surface area (Å²) in [5.41, 5.74) is 0. The molecular weight excluding hydrogens is 279 g/mol. The first-order chi connectivity index (χ1) is 5.22. The number of nitrogens with two attached hydrogens (primary N) is 1. The number of alkyl halides is 1. The monoisotopic (exact) mass is 293 g/mol. The van der Waals surface area contributed by atoms with Gasteiger partial charge in [0, 0.05) is 0 Å². The Labute approximate surface area is 80.6 Å². The van der Waals surface area contributed by atoms with Crippen LogP contribution < -0.4 is 25.4 Å². The van der Waals surface area contributed by atoms with Crippen LogP contribution in [0.2, 0.25) is 0 Å². The van der Waals surface area contributed by atoms with Gasteiger partial charge in [0.15, 0.2) is 0 Å². The average Bonchev–Trinajstić information content (AvgIpc) is 1.97. The molecule has 11 heavy (non-hydrogen) atoms. The molecule has 0 saturated carbocycles. The Morgan fingerprint density at radius 2 is 2.27 bits per heavy atom. The van der Waals surface area contributed by atoms with Crippen molar-refractivity contribution < 1.29 is 30.2 Å². The topological polar surface area (TPSA) is 66.6 Å². The number of hydrogen-bond acceptors (Lipinski definition) is 2. The third kappa shape index (κ3) is 5.97. The molecule has 0 aliphatic rings. The van der Waals surface area contributed by atoms with E-state index >= 15 is 0 Å². The van der Waals surface area contributed by atoms with E-state index in [1.54, 1.807) is 0 Å². The van der Waals surface area contributed by atoms with Crippen molar-refractivity contribution in [2.45, 2.75) is 13.3 Å². The van der Waals surface area contributed by atoms with Crippen molar-refractivity contribution in [1.82, 2.24) is 4.31 Å². The Balaban J connectivity index is 3.60. The third-order valence-corrected chi connectivity index (χ3v) is 3.05. The summed E-state index contributed by atoms with van der Waals surface area (Å²) < 4.78 is 27.1. The Morgan fingerprint density at radius 3 is 2.64 bits per heavy atom. The molecule has 1 atom stereocenters. The zero-order valence-electron chi connectivity index (χ0n) is 6.49. The molecule has 3 N–H and O–H groups in total. The normalized spacial score (nSPS) is 14.2. The van der Waals surface area contributed by atoms with Crippen LogP contribution in [0.5, 0.6) is 0 Å². The van der Waals surface area contributed by atoms with Crippen LogP contribution in [-0.2, 0) is 11.3 Å². The molecule has 0 aliphatic heterocycles. The van der Waals surface area contributed by atoms with Gasteiger partial charge >= 0.3 is 80.6 Å². The van der Waals surface area contributed by atoms with E-state index in [-0.39, 0.29) is 21.5 Å².